The fourth-order valence-corrected chi connectivity index (χ4v) is 4.35. The molecule has 0 unspecified atom stereocenters. The standard InChI is InChI=1S/C5H7N.C5H6O.2C5H6S.C4H6N2.2C4H5NO.C4H5NS.8C2H6/c2*1-5-3-2-4-6-5;1-5-2-3-6-4-5;1-5-3-2-4-6-5;1-4-2-5-3-6-4;1-4-2-5-6-3-4;1-4-2-3-5-6-4;1-4-2-6-3-5-4;8*1-2/h2-4,6H,1H3;3*2-4H,1H3;2-3H,1H3,(H,5,6);3*2-3H,1H3;8*1-2H3. The Morgan fingerprint density at radius 2 is 1.16 bits per heavy atom. The van der Waals surface area contributed by atoms with Crippen LogP contribution < -0.4 is 0 Å². The van der Waals surface area contributed by atoms with E-state index in [1.807, 2.05) is 194 Å². The van der Waals surface area contributed by atoms with Gasteiger partial charge in [-0.2, -0.15) is 11.3 Å². The lowest BCUT2D eigenvalue weighted by molar-refractivity contribution is 0.397. The molecule has 0 bridgehead atoms. The number of aromatic nitrogens is 6. The van der Waals surface area contributed by atoms with E-state index in [9.17, 15) is 0 Å². The minimum Gasteiger partial charge on any atom is -0.470 e. The van der Waals surface area contributed by atoms with Crippen LogP contribution in [0, 0.1) is 55.4 Å². The number of nitrogens with one attached hydrogen (secondary N) is 2. The fraction of sp³-hybridized carbons (Fsp3) is 0.462. The number of H-pyrrole nitrogens is 2. The molecule has 0 spiro atoms. The van der Waals surface area contributed by atoms with Crippen LogP contribution in [-0.4, -0.2) is 30.2 Å². The maximum atomic E-state index is 4.83. The van der Waals surface area contributed by atoms with E-state index in [-0.39, 0.29) is 0 Å². The van der Waals surface area contributed by atoms with Crippen molar-refractivity contribution >= 4 is 34.0 Å². The van der Waals surface area contributed by atoms with Gasteiger partial charge in [-0.05, 0) is 113 Å². The first-order valence-corrected chi connectivity index (χ1v) is 25.5. The van der Waals surface area contributed by atoms with Gasteiger partial charge in [0.05, 0.1) is 30.5 Å². The van der Waals surface area contributed by atoms with E-state index in [1.165, 1.54) is 16.1 Å². The summed E-state index contributed by atoms with van der Waals surface area (Å²) in [6, 6.07) is 15.9. The summed E-state index contributed by atoms with van der Waals surface area (Å²) in [4.78, 5) is 15.0. The summed E-state index contributed by atoms with van der Waals surface area (Å²) in [6.45, 7) is 47.9. The van der Waals surface area contributed by atoms with Gasteiger partial charge in [-0.15, -0.1) is 22.7 Å². The topological polar surface area (TPSA) is 123 Å². The summed E-state index contributed by atoms with van der Waals surface area (Å²) in [5.41, 5.74) is 7.69. The molecule has 2 N–H and O–H groups in total. The molecule has 0 saturated carbocycles. The highest BCUT2D eigenvalue weighted by Crippen LogP contribution is 2.04. The van der Waals surface area contributed by atoms with Crippen molar-refractivity contribution in [3.63, 3.8) is 0 Å². The molecule has 8 aromatic heterocycles. The Bertz CT molecular complexity index is 1280. The van der Waals surface area contributed by atoms with E-state index in [4.69, 9.17) is 4.42 Å². The van der Waals surface area contributed by atoms with Crippen LogP contribution in [0.4, 0.5) is 0 Å². The first-order valence-electron chi connectivity index (χ1n) is 22.8. The highest BCUT2D eigenvalue weighted by Gasteiger charge is 1.80. The predicted molar refractivity (Wildman–Crippen MR) is 291 cm³/mol. The Labute approximate surface area is 405 Å². The monoisotopic (exact) mass is 947 g/mol. The lowest BCUT2D eigenvalue weighted by atomic mass is 10.4. The minimum absolute atomic E-state index is 0.856. The van der Waals surface area contributed by atoms with Gasteiger partial charge in [0.2, 0.25) is 0 Å². The van der Waals surface area contributed by atoms with Crippen molar-refractivity contribution in [2.24, 2.45) is 0 Å². The highest BCUT2D eigenvalue weighted by atomic mass is 32.1. The summed E-state index contributed by atoms with van der Waals surface area (Å²) in [5.74, 6) is 1.82. The number of hydrogen-bond acceptors (Lipinski definition) is 10. The fourth-order valence-electron chi connectivity index (χ4n) is 2.61. The molecule has 368 valence electrons. The molecule has 0 atom stereocenters. The second-order valence-electron chi connectivity index (χ2n) is 9.79. The number of thiazole rings is 1. The zero-order chi connectivity index (χ0) is 51.2. The van der Waals surface area contributed by atoms with Crippen LogP contribution in [0.3, 0.4) is 0 Å². The van der Waals surface area contributed by atoms with Gasteiger partial charge in [0.15, 0.2) is 0 Å². The van der Waals surface area contributed by atoms with Gasteiger partial charge in [0.25, 0.3) is 0 Å². The minimum atomic E-state index is 0.856. The Morgan fingerprint density at radius 1 is 0.531 bits per heavy atom. The smallest absolute Gasteiger partial charge is 0.133 e. The number of hydrogen-bond donors (Lipinski definition) is 2. The Kier molecular flexibility index (Phi) is 86.9. The summed E-state index contributed by atoms with van der Waals surface area (Å²) < 4.78 is 13.9. The molecule has 8 rings (SSSR count). The van der Waals surface area contributed by atoms with Crippen LogP contribution in [0.5, 0.6) is 0 Å². The number of furan rings is 1. The molecule has 0 aliphatic carbocycles. The number of nitrogens with zero attached hydrogens (tertiary/aromatic N) is 4. The third kappa shape index (κ3) is 68.9. The van der Waals surface area contributed by atoms with Gasteiger partial charge >= 0.3 is 0 Å². The lowest BCUT2D eigenvalue weighted by Crippen LogP contribution is -1.59. The van der Waals surface area contributed by atoms with Crippen LogP contribution in [0.1, 0.15) is 155 Å². The number of imidazole rings is 1. The van der Waals surface area contributed by atoms with Gasteiger partial charge in [-0.25, -0.2) is 4.98 Å². The predicted octanol–water partition coefficient (Wildman–Crippen LogP) is 19.4. The molecule has 0 aromatic carbocycles. The number of aryl methyl sites for hydroxylation is 8. The number of aromatic amines is 2. The first kappa shape index (κ1) is 76.5. The maximum absolute atomic E-state index is 4.83. The molecule has 0 radical (unpaired) electrons. The molecule has 0 saturated heterocycles. The van der Waals surface area contributed by atoms with Gasteiger partial charge in [-0.1, -0.05) is 127 Å². The molecule has 12 heteroatoms. The van der Waals surface area contributed by atoms with Crippen molar-refractivity contribution in [2.75, 3.05) is 0 Å². The van der Waals surface area contributed by atoms with Crippen LogP contribution >= 0.6 is 34.0 Å². The number of rotatable bonds is 0. The molecule has 8 heterocycles. The quantitative estimate of drug-likeness (QED) is 0.155. The third-order valence-electron chi connectivity index (χ3n) is 5.06. The SMILES string of the molecule is CC.CC.CC.CC.CC.CC.CC.CC.Cc1ccc[nH]1.Cc1ccco1.Cc1cccs1.Cc1ccno1.Cc1ccsc1.Cc1cnc[nH]1.Cc1cnoc1.Cc1cscn1. The van der Waals surface area contributed by atoms with E-state index >= 15 is 0 Å². The van der Waals surface area contributed by atoms with E-state index in [0.717, 1.165) is 28.5 Å². The normalized spacial score (nSPS) is 7.38. The molecule has 9 nitrogen and oxygen atoms in total. The molecule has 64 heavy (non-hydrogen) atoms. The molecule has 0 amide bonds. The highest BCUT2D eigenvalue weighted by molar-refractivity contribution is 7.09. The largest absolute Gasteiger partial charge is 0.470 e. The maximum Gasteiger partial charge on any atom is 0.133 e. The third-order valence-corrected chi connectivity index (χ3v) is 7.36. The van der Waals surface area contributed by atoms with Gasteiger partial charge < -0.3 is 23.4 Å². The van der Waals surface area contributed by atoms with Crippen LogP contribution in [0.25, 0.3) is 0 Å². The summed E-state index contributed by atoms with van der Waals surface area (Å²) in [5, 5.41) is 15.2. The van der Waals surface area contributed by atoms with Crippen LogP contribution in [0.2, 0.25) is 0 Å². The Balaban J connectivity index is -0.0000000893. The first-order chi connectivity index (χ1) is 31.2. The zero-order valence-electron chi connectivity index (χ0n) is 44.8. The van der Waals surface area contributed by atoms with Crippen LogP contribution in [-0.2, 0) is 0 Å². The van der Waals surface area contributed by atoms with E-state index in [1.54, 1.807) is 77.5 Å². The Hall–Kier alpha value is -4.78. The van der Waals surface area contributed by atoms with Crippen molar-refractivity contribution < 1.29 is 13.5 Å². The van der Waals surface area contributed by atoms with E-state index in [0.29, 0.717) is 0 Å². The molecular formula is C52H94N6O3S3. The summed E-state index contributed by atoms with van der Waals surface area (Å²) >= 11 is 5.15. The summed E-state index contributed by atoms with van der Waals surface area (Å²) in [7, 11) is 0. The van der Waals surface area contributed by atoms with Crippen molar-refractivity contribution in [2.45, 2.75) is 166 Å². The average molecular weight is 948 g/mol. The molecule has 8 aromatic rings. The van der Waals surface area contributed by atoms with E-state index < -0.39 is 0 Å². The van der Waals surface area contributed by atoms with Crippen molar-refractivity contribution in [1.29, 1.82) is 0 Å². The van der Waals surface area contributed by atoms with Crippen LogP contribution in [0.15, 0.2) is 133 Å². The molecule has 0 aliphatic rings. The second-order valence-corrected chi connectivity index (χ2v) is 12.4. The van der Waals surface area contributed by atoms with Crippen molar-refractivity contribution in [1.82, 2.24) is 30.2 Å². The van der Waals surface area contributed by atoms with Gasteiger partial charge in [0.1, 0.15) is 17.8 Å². The average Bonchev–Trinajstić information content (AvgIpc) is 4.19. The number of thiophene rings is 2. The molecular weight excluding hydrogens is 853 g/mol. The van der Waals surface area contributed by atoms with Gasteiger partial charge in [0, 0.05) is 51.4 Å². The molecule has 0 fully saturated rings. The second kappa shape index (κ2) is 72.7. The summed E-state index contributed by atoms with van der Waals surface area (Å²) in [6.07, 6.45) is 11.9. The Morgan fingerprint density at radius 3 is 1.28 bits per heavy atom. The van der Waals surface area contributed by atoms with Crippen molar-refractivity contribution in [3.8, 4) is 0 Å². The zero-order valence-corrected chi connectivity index (χ0v) is 47.2. The van der Waals surface area contributed by atoms with E-state index in [2.05, 4.69) is 87.5 Å². The van der Waals surface area contributed by atoms with Crippen molar-refractivity contribution in [3.05, 3.63) is 164 Å². The lowest BCUT2D eigenvalue weighted by Gasteiger charge is -1.70. The molecule has 0 aliphatic heterocycles. The van der Waals surface area contributed by atoms with Gasteiger partial charge in [-0.3, -0.25) is 4.98 Å².